The van der Waals surface area contributed by atoms with Crippen molar-refractivity contribution in [1.82, 2.24) is 10.3 Å². The van der Waals surface area contributed by atoms with Crippen molar-refractivity contribution in [3.63, 3.8) is 0 Å². The van der Waals surface area contributed by atoms with Gasteiger partial charge in [0.05, 0.1) is 24.6 Å². The van der Waals surface area contributed by atoms with E-state index in [4.69, 9.17) is 10.5 Å². The lowest BCUT2D eigenvalue weighted by atomic mass is 10.0. The Balaban J connectivity index is 0.00000338. The van der Waals surface area contributed by atoms with Crippen LogP contribution in [-0.2, 0) is 4.79 Å². The highest BCUT2D eigenvalue weighted by atomic mass is 35.5. The molecule has 0 saturated heterocycles. The van der Waals surface area contributed by atoms with Crippen LogP contribution in [0.2, 0.25) is 0 Å². The van der Waals surface area contributed by atoms with Gasteiger partial charge in [-0.05, 0) is 30.2 Å². The second kappa shape index (κ2) is 9.62. The number of anilines is 2. The molecule has 0 radical (unpaired) electrons. The molecule has 7 nitrogen and oxygen atoms in total. The van der Waals surface area contributed by atoms with Gasteiger partial charge in [-0.15, -0.1) is 12.4 Å². The van der Waals surface area contributed by atoms with Gasteiger partial charge in [0.25, 0.3) is 5.91 Å². The van der Waals surface area contributed by atoms with E-state index in [2.05, 4.69) is 15.6 Å². The number of hydrogen-bond donors (Lipinski definition) is 3. The van der Waals surface area contributed by atoms with E-state index in [9.17, 15) is 9.59 Å². The molecule has 0 aliphatic heterocycles. The Morgan fingerprint density at radius 1 is 1.15 bits per heavy atom. The van der Waals surface area contributed by atoms with Crippen molar-refractivity contribution < 1.29 is 14.3 Å². The first kappa shape index (κ1) is 21.2. The lowest BCUT2D eigenvalue weighted by molar-refractivity contribution is -0.118. The summed E-state index contributed by atoms with van der Waals surface area (Å²) in [5, 5.41) is 5.50. The van der Waals surface area contributed by atoms with Crippen LogP contribution in [0.25, 0.3) is 0 Å². The predicted octanol–water partition coefficient (Wildman–Crippen LogP) is 2.49. The summed E-state index contributed by atoms with van der Waals surface area (Å²) in [5.41, 5.74) is 6.41. The maximum atomic E-state index is 12.5. The minimum atomic E-state index is -0.713. The third-order valence-electron chi connectivity index (χ3n) is 3.64. The van der Waals surface area contributed by atoms with Gasteiger partial charge in [-0.3, -0.25) is 9.59 Å². The van der Waals surface area contributed by atoms with Crippen LogP contribution in [0.15, 0.2) is 42.6 Å². The molecule has 0 aliphatic carbocycles. The zero-order valence-electron chi connectivity index (χ0n) is 14.9. The molecule has 2 amide bonds. The van der Waals surface area contributed by atoms with Gasteiger partial charge in [-0.1, -0.05) is 26.0 Å². The number of rotatable bonds is 6. The molecule has 1 atom stereocenters. The molecule has 4 N–H and O–H groups in total. The summed E-state index contributed by atoms with van der Waals surface area (Å²) in [5.74, 6) is 0.000446. The van der Waals surface area contributed by atoms with Crippen LogP contribution in [-0.4, -0.2) is 29.9 Å². The summed E-state index contributed by atoms with van der Waals surface area (Å²) in [6.07, 6.45) is 1.46. The van der Waals surface area contributed by atoms with E-state index < -0.39 is 6.04 Å². The minimum Gasteiger partial charge on any atom is -0.496 e. The molecule has 8 heteroatoms. The summed E-state index contributed by atoms with van der Waals surface area (Å²) < 4.78 is 5.19. The molecule has 1 heterocycles. The zero-order chi connectivity index (χ0) is 18.4. The molecule has 1 aromatic heterocycles. The maximum absolute atomic E-state index is 12.5. The van der Waals surface area contributed by atoms with Crippen molar-refractivity contribution >= 4 is 35.7 Å². The molecular weight excluding hydrogens is 356 g/mol. The Morgan fingerprint density at radius 3 is 2.42 bits per heavy atom. The van der Waals surface area contributed by atoms with Crippen LogP contribution in [0, 0.1) is 5.92 Å². The number of hydrogen-bond acceptors (Lipinski definition) is 5. The number of nitrogens with zero attached hydrogens (tertiary/aromatic N) is 1. The van der Waals surface area contributed by atoms with E-state index in [1.165, 1.54) is 13.3 Å². The van der Waals surface area contributed by atoms with Crippen molar-refractivity contribution in [2.45, 2.75) is 19.9 Å². The van der Waals surface area contributed by atoms with E-state index in [0.717, 1.165) is 0 Å². The molecule has 0 fully saturated rings. The highest BCUT2D eigenvalue weighted by Gasteiger charge is 2.25. The number of methoxy groups -OCH3 is 1. The van der Waals surface area contributed by atoms with Crippen LogP contribution in [0.4, 0.5) is 11.5 Å². The van der Waals surface area contributed by atoms with Gasteiger partial charge >= 0.3 is 0 Å². The largest absolute Gasteiger partial charge is 0.496 e. The number of carbonyl (C=O) groups is 2. The molecule has 0 spiro atoms. The Kier molecular flexibility index (Phi) is 7.86. The molecule has 140 valence electrons. The fraction of sp³-hybridized carbons (Fsp3) is 0.278. The minimum absolute atomic E-state index is 0. The lowest BCUT2D eigenvalue weighted by Crippen LogP contribution is -2.47. The number of pyridine rings is 1. The van der Waals surface area contributed by atoms with E-state index in [0.29, 0.717) is 22.8 Å². The highest BCUT2D eigenvalue weighted by Crippen LogP contribution is 2.18. The van der Waals surface area contributed by atoms with Gasteiger partial charge in [-0.2, -0.15) is 0 Å². The zero-order valence-corrected chi connectivity index (χ0v) is 15.7. The summed E-state index contributed by atoms with van der Waals surface area (Å²) >= 11 is 0. The molecular formula is C18H23ClN4O3. The van der Waals surface area contributed by atoms with E-state index in [1.54, 1.807) is 36.4 Å². The first-order valence-electron chi connectivity index (χ1n) is 7.88. The summed E-state index contributed by atoms with van der Waals surface area (Å²) in [4.78, 5) is 29.0. The van der Waals surface area contributed by atoms with Crippen molar-refractivity contribution in [3.8, 4) is 5.75 Å². The Morgan fingerprint density at radius 2 is 1.85 bits per heavy atom. The molecule has 26 heavy (non-hydrogen) atoms. The first-order valence-corrected chi connectivity index (χ1v) is 7.88. The second-order valence-corrected chi connectivity index (χ2v) is 5.86. The third kappa shape index (κ3) is 5.35. The number of ether oxygens (including phenoxy) is 1. The van der Waals surface area contributed by atoms with Crippen molar-refractivity contribution in [2.24, 2.45) is 5.92 Å². The maximum Gasteiger partial charge on any atom is 0.255 e. The van der Waals surface area contributed by atoms with Gasteiger partial charge in [0.15, 0.2) is 0 Å². The first-order chi connectivity index (χ1) is 11.9. The number of nitrogen functional groups attached to an aromatic ring is 1. The molecule has 1 aromatic carbocycles. The number of para-hydroxylation sites is 1. The fourth-order valence-electron chi connectivity index (χ4n) is 2.29. The van der Waals surface area contributed by atoms with Crippen molar-refractivity contribution in [3.05, 3.63) is 48.2 Å². The highest BCUT2D eigenvalue weighted by molar-refractivity contribution is 6.02. The number of carbonyl (C=O) groups excluding carboxylic acids is 2. The standard InChI is InChI=1S/C18H22N4O3.ClH/c1-11(2)16(18(24)21-12-8-9-15(19)20-10-12)22-17(23)13-6-4-5-7-14(13)25-3;/h4-11,16H,1-3H3,(H2,19,20)(H,21,24)(H,22,23);1H. The topological polar surface area (TPSA) is 106 Å². The number of amides is 2. The van der Waals surface area contributed by atoms with Crippen LogP contribution in [0.1, 0.15) is 24.2 Å². The third-order valence-corrected chi connectivity index (χ3v) is 3.64. The molecule has 0 aliphatic rings. The monoisotopic (exact) mass is 378 g/mol. The number of halogens is 1. The van der Waals surface area contributed by atoms with Crippen molar-refractivity contribution in [2.75, 3.05) is 18.2 Å². The van der Waals surface area contributed by atoms with E-state index in [-0.39, 0.29) is 30.1 Å². The molecule has 0 bridgehead atoms. The molecule has 0 saturated carbocycles. The summed E-state index contributed by atoms with van der Waals surface area (Å²) in [6, 6.07) is 9.38. The van der Waals surface area contributed by atoms with Crippen LogP contribution >= 0.6 is 12.4 Å². The van der Waals surface area contributed by atoms with Crippen LogP contribution in [0.3, 0.4) is 0 Å². The summed E-state index contributed by atoms with van der Waals surface area (Å²) in [7, 11) is 1.49. The van der Waals surface area contributed by atoms with E-state index >= 15 is 0 Å². The number of aromatic nitrogens is 1. The normalized spacial score (nSPS) is 11.2. The summed E-state index contributed by atoms with van der Waals surface area (Å²) in [6.45, 7) is 3.71. The lowest BCUT2D eigenvalue weighted by Gasteiger charge is -2.22. The number of benzene rings is 1. The Hall–Kier alpha value is -2.80. The van der Waals surface area contributed by atoms with Gasteiger partial charge in [0, 0.05) is 0 Å². The van der Waals surface area contributed by atoms with Gasteiger partial charge < -0.3 is 21.1 Å². The predicted molar refractivity (Wildman–Crippen MR) is 104 cm³/mol. The molecule has 1 unspecified atom stereocenters. The van der Waals surface area contributed by atoms with E-state index in [1.807, 2.05) is 13.8 Å². The Bertz CT molecular complexity index is 750. The average Bonchev–Trinajstić information content (AvgIpc) is 2.60. The second-order valence-electron chi connectivity index (χ2n) is 5.86. The molecule has 2 rings (SSSR count). The van der Waals surface area contributed by atoms with Crippen LogP contribution in [0.5, 0.6) is 5.75 Å². The SMILES string of the molecule is COc1ccccc1C(=O)NC(C(=O)Nc1ccc(N)nc1)C(C)C.Cl. The smallest absolute Gasteiger partial charge is 0.255 e. The number of nitrogens with one attached hydrogen (secondary N) is 2. The number of nitrogens with two attached hydrogens (primary N) is 1. The average molecular weight is 379 g/mol. The van der Waals surface area contributed by atoms with Gasteiger partial charge in [0.2, 0.25) is 5.91 Å². The fourth-order valence-corrected chi connectivity index (χ4v) is 2.29. The van der Waals surface area contributed by atoms with Crippen molar-refractivity contribution in [1.29, 1.82) is 0 Å². The van der Waals surface area contributed by atoms with Crippen LogP contribution < -0.4 is 21.1 Å². The molecule has 2 aromatic rings. The van der Waals surface area contributed by atoms with Gasteiger partial charge in [-0.25, -0.2) is 4.98 Å². The Labute approximate surface area is 158 Å². The quantitative estimate of drug-likeness (QED) is 0.716. The van der Waals surface area contributed by atoms with Gasteiger partial charge in [0.1, 0.15) is 17.6 Å².